The minimum absolute atomic E-state index is 0.109. The summed E-state index contributed by atoms with van der Waals surface area (Å²) in [5.41, 5.74) is 5.42. The van der Waals surface area contributed by atoms with Crippen molar-refractivity contribution in [3.05, 3.63) is 33.7 Å². The van der Waals surface area contributed by atoms with E-state index in [9.17, 15) is 13.2 Å². The normalized spacial score (nSPS) is 21.8. The third-order valence-corrected chi connectivity index (χ3v) is 5.48. The number of ether oxygens (including phenoxy) is 1. The molecule has 1 saturated carbocycles. The zero-order valence-electron chi connectivity index (χ0n) is 12.8. The molecule has 7 nitrogen and oxygen atoms in total. The van der Waals surface area contributed by atoms with Gasteiger partial charge in [0.15, 0.2) is 0 Å². The first-order valence-corrected chi connectivity index (χ1v) is 9.48. The Morgan fingerprint density at radius 3 is 2.46 bits per heavy atom. The summed E-state index contributed by atoms with van der Waals surface area (Å²) in [6.07, 6.45) is 4.28. The van der Waals surface area contributed by atoms with Crippen molar-refractivity contribution in [2.24, 2.45) is 10.9 Å². The average molecular weight is 372 g/mol. The van der Waals surface area contributed by atoms with E-state index < -0.39 is 15.6 Å². The van der Waals surface area contributed by atoms with Crippen molar-refractivity contribution in [1.29, 1.82) is 0 Å². The number of halogens is 1. The molecule has 0 atom stereocenters. The lowest BCUT2D eigenvalue weighted by atomic mass is 9.94. The van der Waals surface area contributed by atoms with E-state index in [1.807, 2.05) is 0 Å². The molecule has 3 rings (SSSR count). The predicted octanol–water partition coefficient (Wildman–Crippen LogP) is 1.48. The molecule has 1 aliphatic rings. The van der Waals surface area contributed by atoms with E-state index in [1.165, 1.54) is 18.3 Å². The second-order valence-electron chi connectivity index (χ2n) is 6.01. The van der Waals surface area contributed by atoms with Gasteiger partial charge in [-0.2, -0.15) is 0 Å². The number of aromatic amines is 1. The maximum atomic E-state index is 11.9. The fourth-order valence-corrected chi connectivity index (χ4v) is 3.81. The number of nitrogens with one attached hydrogen (secondary N) is 1. The SMILES string of the molecule is NS(=O)(=O)c1cc2c(=O)[nH]cc(Cl)c2cc1O[C@H]1CC[C@@H](N)CC1. The highest BCUT2D eigenvalue weighted by Gasteiger charge is 2.24. The quantitative estimate of drug-likeness (QED) is 0.752. The van der Waals surface area contributed by atoms with Gasteiger partial charge < -0.3 is 15.5 Å². The zero-order chi connectivity index (χ0) is 17.5. The molecule has 0 bridgehead atoms. The van der Waals surface area contributed by atoms with Crippen LogP contribution in [0.3, 0.4) is 0 Å². The van der Waals surface area contributed by atoms with E-state index in [0.717, 1.165) is 25.7 Å². The van der Waals surface area contributed by atoms with E-state index in [4.69, 9.17) is 27.2 Å². The molecule has 24 heavy (non-hydrogen) atoms. The second kappa shape index (κ2) is 6.36. The Kier molecular flexibility index (Phi) is 4.56. The number of primary sulfonamides is 1. The minimum Gasteiger partial charge on any atom is -0.489 e. The van der Waals surface area contributed by atoms with Crippen LogP contribution in [0, 0.1) is 0 Å². The number of nitrogens with two attached hydrogens (primary N) is 2. The summed E-state index contributed by atoms with van der Waals surface area (Å²) in [7, 11) is -4.06. The summed E-state index contributed by atoms with van der Waals surface area (Å²) in [6, 6.07) is 2.81. The standard InChI is InChI=1S/C15H18ClN3O4S/c16-12-7-19-15(20)11-6-14(24(18,21)22)13(5-10(11)12)23-9-3-1-8(17)2-4-9/h5-9H,1-4,17H2,(H,19,20)(H2,18,21,22)/t8-,9+. The number of sulfonamides is 1. The van der Waals surface area contributed by atoms with E-state index in [2.05, 4.69) is 4.98 Å². The van der Waals surface area contributed by atoms with E-state index in [0.29, 0.717) is 10.4 Å². The first kappa shape index (κ1) is 17.2. The summed E-state index contributed by atoms with van der Waals surface area (Å²) < 4.78 is 29.7. The van der Waals surface area contributed by atoms with Crippen molar-refractivity contribution in [3.63, 3.8) is 0 Å². The maximum Gasteiger partial charge on any atom is 0.255 e. The van der Waals surface area contributed by atoms with Crippen LogP contribution in [-0.2, 0) is 10.0 Å². The minimum atomic E-state index is -4.06. The lowest BCUT2D eigenvalue weighted by Gasteiger charge is -2.27. The first-order valence-electron chi connectivity index (χ1n) is 7.55. The van der Waals surface area contributed by atoms with Crippen LogP contribution in [-0.4, -0.2) is 25.5 Å². The molecule has 9 heteroatoms. The van der Waals surface area contributed by atoms with Gasteiger partial charge in [-0.1, -0.05) is 11.6 Å². The number of fused-ring (bicyclic) bond motifs is 1. The molecule has 0 amide bonds. The predicted molar refractivity (Wildman–Crippen MR) is 91.8 cm³/mol. The van der Waals surface area contributed by atoms with Gasteiger partial charge in [-0.25, -0.2) is 13.6 Å². The number of pyridine rings is 1. The lowest BCUT2D eigenvalue weighted by Crippen LogP contribution is -2.32. The molecular weight excluding hydrogens is 354 g/mol. The third-order valence-electron chi connectivity index (χ3n) is 4.23. The van der Waals surface area contributed by atoms with Crippen LogP contribution in [0.4, 0.5) is 0 Å². The summed E-state index contributed by atoms with van der Waals surface area (Å²) in [4.78, 5) is 14.2. The number of benzene rings is 1. The Morgan fingerprint density at radius 1 is 1.17 bits per heavy atom. The molecule has 1 heterocycles. The number of rotatable bonds is 3. The fourth-order valence-electron chi connectivity index (χ4n) is 2.93. The Bertz CT molecular complexity index is 934. The van der Waals surface area contributed by atoms with Gasteiger partial charge in [0.25, 0.3) is 5.56 Å². The monoisotopic (exact) mass is 371 g/mol. The van der Waals surface area contributed by atoms with Crippen molar-refractivity contribution in [2.75, 3.05) is 0 Å². The van der Waals surface area contributed by atoms with Crippen LogP contribution >= 0.6 is 11.6 Å². The molecule has 0 radical (unpaired) electrons. The van der Waals surface area contributed by atoms with Crippen molar-refractivity contribution in [1.82, 2.24) is 4.98 Å². The highest BCUT2D eigenvalue weighted by atomic mass is 35.5. The maximum absolute atomic E-state index is 11.9. The van der Waals surface area contributed by atoms with Crippen molar-refractivity contribution < 1.29 is 13.2 Å². The molecule has 1 aliphatic carbocycles. The summed E-state index contributed by atoms with van der Waals surface area (Å²) in [5, 5.41) is 6.14. The van der Waals surface area contributed by atoms with Gasteiger partial charge >= 0.3 is 0 Å². The average Bonchev–Trinajstić information content (AvgIpc) is 2.52. The molecule has 2 aromatic rings. The van der Waals surface area contributed by atoms with Gasteiger partial charge in [-0.05, 0) is 37.8 Å². The highest BCUT2D eigenvalue weighted by Crippen LogP contribution is 2.33. The molecule has 5 N–H and O–H groups in total. The highest BCUT2D eigenvalue weighted by molar-refractivity contribution is 7.89. The number of aromatic nitrogens is 1. The van der Waals surface area contributed by atoms with Crippen molar-refractivity contribution in [3.8, 4) is 5.75 Å². The summed E-state index contributed by atoms with van der Waals surface area (Å²) >= 11 is 6.11. The molecule has 1 aromatic heterocycles. The molecule has 1 aromatic carbocycles. The van der Waals surface area contributed by atoms with E-state index in [-0.39, 0.29) is 28.2 Å². The third kappa shape index (κ3) is 3.41. The molecule has 1 fully saturated rings. The van der Waals surface area contributed by atoms with Gasteiger partial charge in [0, 0.05) is 17.6 Å². The van der Waals surface area contributed by atoms with Crippen LogP contribution < -0.4 is 21.2 Å². The van der Waals surface area contributed by atoms with Crippen LogP contribution in [0.2, 0.25) is 5.02 Å². The van der Waals surface area contributed by atoms with Gasteiger partial charge in [0.2, 0.25) is 10.0 Å². The Balaban J connectivity index is 2.11. The van der Waals surface area contributed by atoms with Gasteiger partial charge in [0.1, 0.15) is 10.6 Å². The smallest absolute Gasteiger partial charge is 0.255 e. The zero-order valence-corrected chi connectivity index (χ0v) is 14.4. The first-order chi connectivity index (χ1) is 11.3. The number of hydrogen-bond donors (Lipinski definition) is 3. The van der Waals surface area contributed by atoms with Gasteiger partial charge in [-0.15, -0.1) is 0 Å². The number of hydrogen-bond acceptors (Lipinski definition) is 5. The largest absolute Gasteiger partial charge is 0.489 e. The molecule has 0 spiro atoms. The number of H-pyrrole nitrogens is 1. The summed E-state index contributed by atoms with van der Waals surface area (Å²) in [5.74, 6) is 0.109. The summed E-state index contributed by atoms with van der Waals surface area (Å²) in [6.45, 7) is 0. The Hall–Kier alpha value is -1.61. The van der Waals surface area contributed by atoms with Crippen molar-refractivity contribution in [2.45, 2.75) is 42.7 Å². The fraction of sp³-hybridized carbons (Fsp3) is 0.400. The van der Waals surface area contributed by atoms with Gasteiger partial charge in [-0.3, -0.25) is 4.79 Å². The van der Waals surface area contributed by atoms with Crippen molar-refractivity contribution >= 4 is 32.4 Å². The van der Waals surface area contributed by atoms with Crippen LogP contribution in [0.15, 0.2) is 28.0 Å². The van der Waals surface area contributed by atoms with E-state index in [1.54, 1.807) is 0 Å². The van der Waals surface area contributed by atoms with Crippen LogP contribution in [0.25, 0.3) is 10.8 Å². The molecule has 0 unspecified atom stereocenters. The molecular formula is C15H18ClN3O4S. The molecule has 130 valence electrons. The lowest BCUT2D eigenvalue weighted by molar-refractivity contribution is 0.143. The molecule has 0 aliphatic heterocycles. The second-order valence-corrected chi connectivity index (χ2v) is 7.95. The molecule has 0 saturated heterocycles. The van der Waals surface area contributed by atoms with Crippen LogP contribution in [0.1, 0.15) is 25.7 Å². The van der Waals surface area contributed by atoms with Gasteiger partial charge in [0.05, 0.1) is 16.5 Å². The topological polar surface area (TPSA) is 128 Å². The Morgan fingerprint density at radius 2 is 1.83 bits per heavy atom. The Labute approximate surface area is 144 Å². The van der Waals surface area contributed by atoms with Crippen LogP contribution in [0.5, 0.6) is 5.75 Å². The van der Waals surface area contributed by atoms with E-state index >= 15 is 0 Å².